The molecule has 4 aromatic rings. The molecule has 4 rings (SSSR count). The van der Waals surface area contributed by atoms with Gasteiger partial charge in [0.25, 0.3) is 0 Å². The predicted molar refractivity (Wildman–Crippen MR) is 102 cm³/mol. The molecule has 1 aromatic heterocycles. The van der Waals surface area contributed by atoms with E-state index < -0.39 is 0 Å². The van der Waals surface area contributed by atoms with Crippen LogP contribution in [0.1, 0.15) is 0 Å². The van der Waals surface area contributed by atoms with Gasteiger partial charge in [-0.3, -0.25) is 4.98 Å². The normalized spacial score (nSPS) is 10.7. The number of aromatic nitrogens is 1. The number of benzene rings is 3. The van der Waals surface area contributed by atoms with Crippen LogP contribution in [-0.2, 0) is 0 Å². The molecule has 0 aliphatic carbocycles. The number of hydrogen-bond donors (Lipinski definition) is 0. The van der Waals surface area contributed by atoms with Crippen molar-refractivity contribution in [1.82, 2.24) is 4.98 Å². The van der Waals surface area contributed by atoms with Crippen molar-refractivity contribution >= 4 is 22.1 Å². The molecule has 0 unspecified atom stereocenters. The molecule has 0 radical (unpaired) electrons. The third-order valence-corrected chi connectivity index (χ3v) is 4.35. The monoisotopic (exact) mass is 310 g/mol. The highest BCUT2D eigenvalue weighted by Crippen LogP contribution is 2.29. The minimum absolute atomic E-state index is 1.03. The predicted octanol–water partition coefficient (Wildman–Crippen LogP) is 5.67. The fourth-order valence-electron chi connectivity index (χ4n) is 2.99. The second kappa shape index (κ2) is 6.17. The molecular formula is C22H18N2. The van der Waals surface area contributed by atoms with Gasteiger partial charge in [-0.1, -0.05) is 54.6 Å². The highest BCUT2D eigenvalue weighted by atomic mass is 15.1. The van der Waals surface area contributed by atoms with Gasteiger partial charge < -0.3 is 4.90 Å². The summed E-state index contributed by atoms with van der Waals surface area (Å²) < 4.78 is 0. The van der Waals surface area contributed by atoms with Gasteiger partial charge in [0.15, 0.2) is 0 Å². The molecule has 0 atom stereocenters. The first-order valence-corrected chi connectivity index (χ1v) is 8.06. The van der Waals surface area contributed by atoms with Crippen LogP contribution in [0.2, 0.25) is 0 Å². The van der Waals surface area contributed by atoms with Crippen molar-refractivity contribution < 1.29 is 0 Å². The molecule has 2 nitrogen and oxygen atoms in total. The highest BCUT2D eigenvalue weighted by molar-refractivity contribution is 5.94. The van der Waals surface area contributed by atoms with Crippen LogP contribution in [-0.4, -0.2) is 12.0 Å². The van der Waals surface area contributed by atoms with E-state index in [-0.39, 0.29) is 0 Å². The first-order valence-electron chi connectivity index (χ1n) is 8.06. The lowest BCUT2D eigenvalue weighted by molar-refractivity contribution is 1.21. The Balaban J connectivity index is 1.71. The minimum atomic E-state index is 1.03. The van der Waals surface area contributed by atoms with Gasteiger partial charge in [-0.05, 0) is 35.7 Å². The molecule has 0 saturated heterocycles. The lowest BCUT2D eigenvalue weighted by Crippen LogP contribution is -2.08. The summed E-state index contributed by atoms with van der Waals surface area (Å²) in [6.07, 6.45) is 1.88. The van der Waals surface area contributed by atoms with Gasteiger partial charge in [0.1, 0.15) is 0 Å². The zero-order valence-electron chi connectivity index (χ0n) is 13.6. The van der Waals surface area contributed by atoms with E-state index in [4.69, 9.17) is 0 Å². The van der Waals surface area contributed by atoms with E-state index in [2.05, 4.69) is 95.8 Å². The molecule has 0 bridgehead atoms. The maximum atomic E-state index is 4.60. The van der Waals surface area contributed by atoms with Crippen LogP contribution in [0, 0.1) is 0 Å². The number of para-hydroxylation sites is 1. The van der Waals surface area contributed by atoms with Crippen molar-refractivity contribution in [2.75, 3.05) is 11.9 Å². The molecule has 0 fully saturated rings. The average Bonchev–Trinajstić information content (AvgIpc) is 2.68. The van der Waals surface area contributed by atoms with Crippen molar-refractivity contribution in [2.24, 2.45) is 0 Å². The highest BCUT2D eigenvalue weighted by Gasteiger charge is 2.07. The van der Waals surface area contributed by atoms with Crippen LogP contribution in [0.25, 0.3) is 22.0 Å². The molecule has 0 amide bonds. The molecule has 0 aliphatic heterocycles. The Kier molecular flexibility index (Phi) is 3.72. The number of nitrogens with zero attached hydrogens (tertiary/aromatic N) is 2. The van der Waals surface area contributed by atoms with Crippen molar-refractivity contribution in [3.8, 4) is 11.3 Å². The van der Waals surface area contributed by atoms with E-state index in [1.165, 1.54) is 16.5 Å². The summed E-state index contributed by atoms with van der Waals surface area (Å²) in [6.45, 7) is 0. The lowest BCUT2D eigenvalue weighted by atomic mass is 10.0. The maximum absolute atomic E-state index is 4.60. The molecule has 1 heterocycles. The Morgan fingerprint density at radius 2 is 1.33 bits per heavy atom. The summed E-state index contributed by atoms with van der Waals surface area (Å²) in [5.74, 6) is 0. The fourth-order valence-corrected chi connectivity index (χ4v) is 2.99. The Morgan fingerprint density at radius 1 is 0.667 bits per heavy atom. The van der Waals surface area contributed by atoms with E-state index in [0.717, 1.165) is 16.9 Å². The maximum Gasteiger partial charge on any atom is 0.0780 e. The van der Waals surface area contributed by atoms with Gasteiger partial charge in [0.05, 0.1) is 5.69 Å². The zero-order valence-corrected chi connectivity index (χ0v) is 13.6. The van der Waals surface area contributed by atoms with Crippen LogP contribution in [0.5, 0.6) is 0 Å². The first kappa shape index (κ1) is 14.5. The number of hydrogen-bond acceptors (Lipinski definition) is 2. The third kappa shape index (κ3) is 2.63. The number of pyridine rings is 1. The van der Waals surface area contributed by atoms with Gasteiger partial charge in [0.2, 0.25) is 0 Å². The summed E-state index contributed by atoms with van der Waals surface area (Å²) in [5, 5.41) is 2.40. The summed E-state index contributed by atoms with van der Waals surface area (Å²) >= 11 is 0. The Morgan fingerprint density at radius 3 is 2.12 bits per heavy atom. The Bertz CT molecular complexity index is 955. The summed E-state index contributed by atoms with van der Waals surface area (Å²) in [5.41, 5.74) is 4.50. The van der Waals surface area contributed by atoms with E-state index in [1.807, 2.05) is 12.3 Å². The Hall–Kier alpha value is -3.13. The molecule has 0 aliphatic rings. The van der Waals surface area contributed by atoms with Gasteiger partial charge in [0, 0.05) is 35.6 Å². The molecule has 2 heteroatoms. The summed E-state index contributed by atoms with van der Waals surface area (Å²) in [6, 6.07) is 29.4. The van der Waals surface area contributed by atoms with E-state index in [1.54, 1.807) is 0 Å². The van der Waals surface area contributed by atoms with E-state index in [9.17, 15) is 0 Å². The summed E-state index contributed by atoms with van der Waals surface area (Å²) in [7, 11) is 2.08. The third-order valence-electron chi connectivity index (χ3n) is 4.35. The summed E-state index contributed by atoms with van der Waals surface area (Å²) in [4.78, 5) is 6.78. The molecule has 24 heavy (non-hydrogen) atoms. The van der Waals surface area contributed by atoms with Gasteiger partial charge in [-0.25, -0.2) is 0 Å². The fraction of sp³-hybridized carbons (Fsp3) is 0.0455. The second-order valence-corrected chi connectivity index (χ2v) is 5.82. The van der Waals surface area contributed by atoms with E-state index >= 15 is 0 Å². The molecule has 0 saturated carbocycles. The van der Waals surface area contributed by atoms with Crippen LogP contribution < -0.4 is 4.90 Å². The molecule has 116 valence electrons. The molecular weight excluding hydrogens is 292 g/mol. The Labute approximate surface area is 142 Å². The van der Waals surface area contributed by atoms with Crippen LogP contribution >= 0.6 is 0 Å². The van der Waals surface area contributed by atoms with Crippen LogP contribution in [0.15, 0.2) is 91.1 Å². The minimum Gasteiger partial charge on any atom is -0.345 e. The smallest absolute Gasteiger partial charge is 0.0780 e. The molecule has 3 aromatic carbocycles. The zero-order chi connectivity index (χ0) is 16.4. The van der Waals surface area contributed by atoms with Crippen molar-refractivity contribution in [3.63, 3.8) is 0 Å². The van der Waals surface area contributed by atoms with Gasteiger partial charge in [-0.2, -0.15) is 0 Å². The largest absolute Gasteiger partial charge is 0.345 e. The number of fused-ring (bicyclic) bond motifs is 1. The standard InChI is InChI=1S/C22H18N2/c1-24(19-8-3-2-4-9-19)20-13-11-18(12-14-20)22-21-10-6-5-7-17(21)15-16-23-22/h2-16H,1H3. The number of anilines is 2. The number of rotatable bonds is 3. The first-order chi connectivity index (χ1) is 11.8. The van der Waals surface area contributed by atoms with Crippen LogP contribution in [0.3, 0.4) is 0 Å². The quantitative estimate of drug-likeness (QED) is 0.484. The van der Waals surface area contributed by atoms with E-state index in [0.29, 0.717) is 0 Å². The second-order valence-electron chi connectivity index (χ2n) is 5.82. The lowest BCUT2D eigenvalue weighted by Gasteiger charge is -2.19. The average molecular weight is 310 g/mol. The SMILES string of the molecule is CN(c1ccccc1)c1ccc(-c2nccc3ccccc23)cc1. The van der Waals surface area contributed by atoms with Crippen molar-refractivity contribution in [2.45, 2.75) is 0 Å². The van der Waals surface area contributed by atoms with Crippen molar-refractivity contribution in [3.05, 3.63) is 91.1 Å². The molecule has 0 N–H and O–H groups in total. The topological polar surface area (TPSA) is 16.1 Å². The van der Waals surface area contributed by atoms with Crippen LogP contribution in [0.4, 0.5) is 11.4 Å². The van der Waals surface area contributed by atoms with Gasteiger partial charge in [-0.15, -0.1) is 0 Å². The van der Waals surface area contributed by atoms with Gasteiger partial charge >= 0.3 is 0 Å². The van der Waals surface area contributed by atoms with Crippen molar-refractivity contribution in [1.29, 1.82) is 0 Å². The molecule has 0 spiro atoms.